The van der Waals surface area contributed by atoms with Crippen molar-refractivity contribution in [3.05, 3.63) is 46.0 Å². The molecule has 1 aromatic carbocycles. The third-order valence-corrected chi connectivity index (χ3v) is 4.93. The molecule has 0 aromatic heterocycles. The molecule has 1 nitrogen and oxygen atoms in total. The van der Waals surface area contributed by atoms with Gasteiger partial charge in [0, 0.05) is 5.56 Å². The Bertz CT molecular complexity index is 581. The van der Waals surface area contributed by atoms with Crippen LogP contribution in [0.1, 0.15) is 31.9 Å². The molecule has 3 rings (SSSR count). The first-order valence-electron chi connectivity index (χ1n) is 5.97. The van der Waals surface area contributed by atoms with Crippen LogP contribution in [0.15, 0.2) is 34.9 Å². The van der Waals surface area contributed by atoms with Gasteiger partial charge in [0.05, 0.1) is 27.9 Å². The van der Waals surface area contributed by atoms with Gasteiger partial charge >= 0.3 is 0 Å². The van der Waals surface area contributed by atoms with E-state index in [9.17, 15) is 0 Å². The first kappa shape index (κ1) is 11.1. The number of nitrogens with zero attached hydrogens (tertiary/aromatic N) is 1. The van der Waals surface area contributed by atoms with E-state index in [1.807, 2.05) is 0 Å². The van der Waals surface area contributed by atoms with Crippen LogP contribution in [0.3, 0.4) is 0 Å². The van der Waals surface area contributed by atoms with E-state index in [4.69, 9.17) is 0 Å². The number of fused-ring (bicyclic) bond motifs is 3. The van der Waals surface area contributed by atoms with E-state index >= 15 is 0 Å². The lowest BCUT2D eigenvalue weighted by Gasteiger charge is -2.19. The molecule has 0 bridgehead atoms. The van der Waals surface area contributed by atoms with E-state index in [0.29, 0.717) is 6.04 Å². The number of benzene rings is 1. The Labute approximate surface area is 111 Å². The van der Waals surface area contributed by atoms with Crippen LogP contribution in [0.25, 0.3) is 5.57 Å². The third-order valence-electron chi connectivity index (χ3n) is 4.14. The molecule has 1 unspecified atom stereocenters. The molecule has 1 aliphatic carbocycles. The van der Waals surface area contributed by atoms with Crippen LogP contribution in [0, 0.1) is 6.92 Å². The maximum Gasteiger partial charge on any atom is 0.0879 e. The highest BCUT2D eigenvalue weighted by molar-refractivity contribution is 9.10. The summed E-state index contributed by atoms with van der Waals surface area (Å²) < 4.78 is 2.24. The number of rotatable bonds is 0. The maximum absolute atomic E-state index is 3.74. The fraction of sp³-hybridized carbons (Fsp3) is 0.333. The zero-order chi connectivity index (χ0) is 12.3. The largest absolute Gasteiger partial charge is 0.297 e. The van der Waals surface area contributed by atoms with Crippen LogP contribution < -0.4 is 3.93 Å². The van der Waals surface area contributed by atoms with Gasteiger partial charge in [0.2, 0.25) is 0 Å². The standard InChI is InChI=1S/C15H16BrN/c1-8-5-6-12-13(7-8)17(16)15-11(4)9(2)10(3)14(12)15/h5-7,15H,1-4H3. The first-order chi connectivity index (χ1) is 8.02. The van der Waals surface area contributed by atoms with Crippen LogP contribution in [0.4, 0.5) is 5.69 Å². The molecule has 88 valence electrons. The lowest BCUT2D eigenvalue weighted by Crippen LogP contribution is -2.21. The van der Waals surface area contributed by atoms with Crippen LogP contribution >= 0.6 is 16.1 Å². The third kappa shape index (κ3) is 1.30. The molecule has 2 heteroatoms. The van der Waals surface area contributed by atoms with E-state index < -0.39 is 0 Å². The summed E-state index contributed by atoms with van der Waals surface area (Å²) in [6, 6.07) is 7.10. The Hall–Kier alpha value is -1.02. The van der Waals surface area contributed by atoms with Crippen molar-refractivity contribution in [1.29, 1.82) is 0 Å². The molecule has 0 amide bonds. The normalized spacial score (nSPS) is 22.4. The van der Waals surface area contributed by atoms with Gasteiger partial charge < -0.3 is 0 Å². The Morgan fingerprint density at radius 3 is 2.47 bits per heavy atom. The molecule has 0 saturated carbocycles. The van der Waals surface area contributed by atoms with Gasteiger partial charge in [0.15, 0.2) is 0 Å². The van der Waals surface area contributed by atoms with Gasteiger partial charge in [-0.25, -0.2) is 0 Å². The second-order valence-corrected chi connectivity index (χ2v) is 5.85. The molecule has 1 aliphatic heterocycles. The van der Waals surface area contributed by atoms with E-state index in [0.717, 1.165) is 0 Å². The fourth-order valence-corrected chi connectivity index (χ4v) is 3.75. The van der Waals surface area contributed by atoms with Crippen molar-refractivity contribution < 1.29 is 0 Å². The van der Waals surface area contributed by atoms with Crippen LogP contribution in [-0.4, -0.2) is 6.04 Å². The SMILES string of the molecule is CC1=C(C)C2C(=C1C)c1ccc(C)cc1N2Br. The minimum Gasteiger partial charge on any atom is -0.297 e. The van der Waals surface area contributed by atoms with Crippen LogP contribution in [-0.2, 0) is 0 Å². The lowest BCUT2D eigenvalue weighted by molar-refractivity contribution is 1.02. The van der Waals surface area contributed by atoms with E-state index in [1.54, 1.807) is 0 Å². The number of aryl methyl sites for hydroxylation is 1. The summed E-state index contributed by atoms with van der Waals surface area (Å²) in [6.07, 6.45) is 0. The smallest absolute Gasteiger partial charge is 0.0879 e. The van der Waals surface area contributed by atoms with Crippen molar-refractivity contribution >= 4 is 27.4 Å². The molecule has 1 atom stereocenters. The highest BCUT2D eigenvalue weighted by atomic mass is 79.9. The van der Waals surface area contributed by atoms with Crippen molar-refractivity contribution in [3.63, 3.8) is 0 Å². The molecular formula is C15H16BrN. The Morgan fingerprint density at radius 1 is 1.06 bits per heavy atom. The van der Waals surface area contributed by atoms with Crippen molar-refractivity contribution in [2.24, 2.45) is 0 Å². The molecule has 0 saturated heterocycles. The Kier molecular flexibility index (Phi) is 2.27. The maximum atomic E-state index is 3.74. The van der Waals surface area contributed by atoms with Crippen molar-refractivity contribution in [2.45, 2.75) is 33.7 Å². The highest BCUT2D eigenvalue weighted by Gasteiger charge is 2.39. The second kappa shape index (κ2) is 3.49. The Balaban J connectivity index is 2.27. The van der Waals surface area contributed by atoms with Gasteiger partial charge in [-0.1, -0.05) is 12.1 Å². The quantitative estimate of drug-likeness (QED) is 0.630. The summed E-state index contributed by atoms with van der Waals surface area (Å²) in [4.78, 5) is 0. The minimum atomic E-state index is 0.395. The van der Waals surface area contributed by atoms with Crippen molar-refractivity contribution in [1.82, 2.24) is 0 Å². The summed E-state index contributed by atoms with van der Waals surface area (Å²) >= 11 is 3.74. The van der Waals surface area contributed by atoms with Crippen molar-refractivity contribution in [3.8, 4) is 0 Å². The Morgan fingerprint density at radius 2 is 1.76 bits per heavy atom. The monoisotopic (exact) mass is 289 g/mol. The number of anilines is 1. The van der Waals surface area contributed by atoms with Crippen LogP contribution in [0.5, 0.6) is 0 Å². The van der Waals surface area contributed by atoms with Gasteiger partial charge in [-0.2, -0.15) is 0 Å². The summed E-state index contributed by atoms with van der Waals surface area (Å²) in [5.74, 6) is 0. The molecule has 0 N–H and O–H groups in total. The predicted octanol–water partition coefficient (Wildman–Crippen LogP) is 4.62. The lowest BCUT2D eigenvalue weighted by atomic mass is 9.99. The van der Waals surface area contributed by atoms with Gasteiger partial charge in [0.25, 0.3) is 0 Å². The minimum absolute atomic E-state index is 0.395. The molecule has 0 spiro atoms. The highest BCUT2D eigenvalue weighted by Crippen LogP contribution is 2.51. The predicted molar refractivity (Wildman–Crippen MR) is 77.3 cm³/mol. The second-order valence-electron chi connectivity index (χ2n) is 5.08. The average Bonchev–Trinajstić information content (AvgIpc) is 2.70. The first-order valence-corrected chi connectivity index (χ1v) is 6.68. The van der Waals surface area contributed by atoms with Crippen molar-refractivity contribution in [2.75, 3.05) is 3.93 Å². The molecule has 0 radical (unpaired) electrons. The molecule has 2 aliphatic rings. The summed E-state index contributed by atoms with van der Waals surface area (Å²) in [5.41, 5.74) is 9.82. The van der Waals surface area contributed by atoms with Gasteiger partial charge in [-0.15, -0.1) is 0 Å². The summed E-state index contributed by atoms with van der Waals surface area (Å²) in [7, 11) is 0. The summed E-state index contributed by atoms with van der Waals surface area (Å²) in [6.45, 7) is 8.85. The van der Waals surface area contributed by atoms with E-state index in [2.05, 4.69) is 66.0 Å². The molecule has 0 fully saturated rings. The number of halogens is 1. The molecule has 1 heterocycles. The fourth-order valence-electron chi connectivity index (χ4n) is 2.94. The average molecular weight is 290 g/mol. The topological polar surface area (TPSA) is 3.24 Å². The van der Waals surface area contributed by atoms with E-state index in [-0.39, 0.29) is 0 Å². The number of allylic oxidation sites excluding steroid dienone is 2. The summed E-state index contributed by atoms with van der Waals surface area (Å²) in [5, 5.41) is 0. The zero-order valence-electron chi connectivity index (χ0n) is 10.6. The zero-order valence-corrected chi connectivity index (χ0v) is 12.2. The molecule has 17 heavy (non-hydrogen) atoms. The number of hydrogen-bond donors (Lipinski definition) is 0. The van der Waals surface area contributed by atoms with Gasteiger partial charge in [-0.3, -0.25) is 3.93 Å². The number of hydrogen-bond acceptors (Lipinski definition) is 1. The van der Waals surface area contributed by atoms with Gasteiger partial charge in [-0.05, 0) is 61.6 Å². The van der Waals surface area contributed by atoms with Crippen LogP contribution in [0.2, 0.25) is 0 Å². The molecule has 1 aromatic rings. The van der Waals surface area contributed by atoms with Gasteiger partial charge in [0.1, 0.15) is 0 Å². The molecular weight excluding hydrogens is 274 g/mol. The van der Waals surface area contributed by atoms with E-state index in [1.165, 1.54) is 39.1 Å².